The highest BCUT2D eigenvalue weighted by atomic mass is 16.1. The topological polar surface area (TPSA) is 41.1 Å². The van der Waals surface area contributed by atoms with E-state index in [0.29, 0.717) is 6.42 Å². The monoisotopic (exact) mass is 218 g/mol. The van der Waals surface area contributed by atoms with E-state index in [2.05, 4.69) is 28.8 Å². The third-order valence-corrected chi connectivity index (χ3v) is 3.08. The molecule has 0 unspecified atom stereocenters. The first kappa shape index (κ1) is 11.1. The third-order valence-electron chi connectivity index (χ3n) is 3.08. The molecular weight excluding hydrogens is 200 g/mol. The number of hydrogen-bond donors (Lipinski definition) is 2. The van der Waals surface area contributed by atoms with E-state index in [0.717, 1.165) is 25.9 Å². The van der Waals surface area contributed by atoms with E-state index in [9.17, 15) is 4.79 Å². The summed E-state index contributed by atoms with van der Waals surface area (Å²) in [4.78, 5) is 11.2. The summed E-state index contributed by atoms with van der Waals surface area (Å²) in [5.41, 5.74) is 4.09. The van der Waals surface area contributed by atoms with Gasteiger partial charge in [0.15, 0.2) is 0 Å². The van der Waals surface area contributed by atoms with Gasteiger partial charge in [-0.1, -0.05) is 18.2 Å². The summed E-state index contributed by atoms with van der Waals surface area (Å²) in [6.07, 6.45) is 2.51. The van der Waals surface area contributed by atoms with Crippen molar-refractivity contribution < 1.29 is 4.79 Å². The molecule has 0 fully saturated rings. The van der Waals surface area contributed by atoms with Gasteiger partial charge < -0.3 is 10.6 Å². The number of amides is 1. The molecule has 0 aliphatic carbocycles. The van der Waals surface area contributed by atoms with Crippen molar-refractivity contribution in [2.75, 3.05) is 13.6 Å². The average Bonchev–Trinajstić information content (AvgIpc) is 2.35. The Morgan fingerprint density at radius 2 is 2.31 bits per heavy atom. The number of benzene rings is 1. The van der Waals surface area contributed by atoms with Gasteiger partial charge in [0.25, 0.3) is 0 Å². The van der Waals surface area contributed by atoms with Crippen LogP contribution in [0.2, 0.25) is 0 Å². The van der Waals surface area contributed by atoms with Crippen LogP contribution in [0.15, 0.2) is 18.2 Å². The van der Waals surface area contributed by atoms with Crippen LogP contribution in [-0.2, 0) is 24.2 Å². The van der Waals surface area contributed by atoms with Crippen LogP contribution in [0.4, 0.5) is 0 Å². The van der Waals surface area contributed by atoms with Gasteiger partial charge >= 0.3 is 0 Å². The smallest absolute Gasteiger partial charge is 0.220 e. The minimum atomic E-state index is 0.107. The lowest BCUT2D eigenvalue weighted by Gasteiger charge is -2.17. The third kappa shape index (κ3) is 2.61. The predicted octanol–water partition coefficient (Wildman–Crippen LogP) is 1.01. The molecule has 1 aliphatic rings. The zero-order valence-electron chi connectivity index (χ0n) is 9.68. The van der Waals surface area contributed by atoms with Gasteiger partial charge in [-0.25, -0.2) is 0 Å². The maximum atomic E-state index is 11.2. The first-order valence-electron chi connectivity index (χ1n) is 5.81. The van der Waals surface area contributed by atoms with E-state index in [1.165, 1.54) is 16.7 Å². The Labute approximate surface area is 96.2 Å². The molecule has 1 aromatic carbocycles. The zero-order valence-corrected chi connectivity index (χ0v) is 9.68. The van der Waals surface area contributed by atoms with Gasteiger partial charge in [0.05, 0.1) is 0 Å². The molecule has 0 radical (unpaired) electrons. The fourth-order valence-electron chi connectivity index (χ4n) is 2.07. The highest BCUT2D eigenvalue weighted by molar-refractivity contribution is 5.75. The number of carbonyl (C=O) groups is 1. The van der Waals surface area contributed by atoms with Crippen LogP contribution in [-0.4, -0.2) is 19.5 Å². The second-order valence-electron chi connectivity index (χ2n) is 4.20. The molecule has 0 aromatic heterocycles. The molecule has 2 N–H and O–H groups in total. The van der Waals surface area contributed by atoms with E-state index in [-0.39, 0.29) is 5.91 Å². The predicted molar refractivity (Wildman–Crippen MR) is 64.2 cm³/mol. The van der Waals surface area contributed by atoms with Gasteiger partial charge in [-0.2, -0.15) is 0 Å². The second-order valence-corrected chi connectivity index (χ2v) is 4.20. The van der Waals surface area contributed by atoms with Crippen LogP contribution in [0.25, 0.3) is 0 Å². The Balaban J connectivity index is 2.03. The average molecular weight is 218 g/mol. The summed E-state index contributed by atoms with van der Waals surface area (Å²) < 4.78 is 0. The minimum absolute atomic E-state index is 0.107. The summed E-state index contributed by atoms with van der Waals surface area (Å²) in [6, 6.07) is 6.58. The first-order chi connectivity index (χ1) is 7.79. The van der Waals surface area contributed by atoms with Gasteiger partial charge in [-0.3, -0.25) is 4.79 Å². The normalized spacial score (nSPS) is 14.3. The zero-order chi connectivity index (χ0) is 11.4. The van der Waals surface area contributed by atoms with Crippen LogP contribution < -0.4 is 10.6 Å². The number of nitrogens with one attached hydrogen (secondary N) is 2. The maximum Gasteiger partial charge on any atom is 0.220 e. The lowest BCUT2D eigenvalue weighted by Crippen LogP contribution is -2.23. The van der Waals surface area contributed by atoms with Crippen molar-refractivity contribution in [1.82, 2.24) is 10.6 Å². The van der Waals surface area contributed by atoms with Crippen molar-refractivity contribution in [2.45, 2.75) is 25.8 Å². The molecule has 1 amide bonds. The van der Waals surface area contributed by atoms with Crippen molar-refractivity contribution in [3.63, 3.8) is 0 Å². The molecule has 3 nitrogen and oxygen atoms in total. The summed E-state index contributed by atoms with van der Waals surface area (Å²) >= 11 is 0. The molecule has 2 rings (SSSR count). The number of aryl methyl sites for hydroxylation is 1. The Morgan fingerprint density at radius 3 is 3.12 bits per heavy atom. The van der Waals surface area contributed by atoms with Crippen LogP contribution in [0, 0.1) is 0 Å². The Kier molecular flexibility index (Phi) is 3.57. The Hall–Kier alpha value is -1.35. The molecule has 1 aromatic rings. The largest absolute Gasteiger partial charge is 0.359 e. The van der Waals surface area contributed by atoms with E-state index in [4.69, 9.17) is 0 Å². The molecule has 0 bridgehead atoms. The van der Waals surface area contributed by atoms with Gasteiger partial charge in [-0.05, 0) is 36.1 Å². The van der Waals surface area contributed by atoms with Crippen LogP contribution in [0.1, 0.15) is 23.1 Å². The number of carbonyl (C=O) groups excluding carboxylic acids is 1. The van der Waals surface area contributed by atoms with Crippen LogP contribution in [0.3, 0.4) is 0 Å². The van der Waals surface area contributed by atoms with E-state index in [1.807, 2.05) is 0 Å². The summed E-state index contributed by atoms with van der Waals surface area (Å²) in [6.45, 7) is 2.04. The maximum absolute atomic E-state index is 11.2. The molecule has 0 spiro atoms. The van der Waals surface area contributed by atoms with Gasteiger partial charge in [0.2, 0.25) is 5.91 Å². The highest BCUT2D eigenvalue weighted by Gasteiger charge is 2.09. The minimum Gasteiger partial charge on any atom is -0.359 e. The second kappa shape index (κ2) is 5.12. The van der Waals surface area contributed by atoms with Crippen LogP contribution in [0.5, 0.6) is 0 Å². The molecular formula is C13H18N2O. The van der Waals surface area contributed by atoms with Gasteiger partial charge in [0, 0.05) is 20.0 Å². The Bertz CT molecular complexity index is 388. The Morgan fingerprint density at radius 1 is 1.44 bits per heavy atom. The molecule has 0 saturated carbocycles. The number of hydrogen-bond acceptors (Lipinski definition) is 2. The molecule has 0 atom stereocenters. The van der Waals surface area contributed by atoms with Crippen molar-refractivity contribution in [3.05, 3.63) is 34.9 Å². The van der Waals surface area contributed by atoms with E-state index >= 15 is 0 Å². The first-order valence-corrected chi connectivity index (χ1v) is 5.81. The SMILES string of the molecule is CNC(=O)CCc1ccc2c(c1)CNCC2. The van der Waals surface area contributed by atoms with E-state index < -0.39 is 0 Å². The fourth-order valence-corrected chi connectivity index (χ4v) is 2.07. The van der Waals surface area contributed by atoms with E-state index in [1.54, 1.807) is 7.05 Å². The van der Waals surface area contributed by atoms with Crippen molar-refractivity contribution in [2.24, 2.45) is 0 Å². The van der Waals surface area contributed by atoms with Crippen molar-refractivity contribution >= 4 is 5.91 Å². The van der Waals surface area contributed by atoms with Crippen molar-refractivity contribution in [1.29, 1.82) is 0 Å². The van der Waals surface area contributed by atoms with Gasteiger partial charge in [-0.15, -0.1) is 0 Å². The molecule has 1 aliphatic heterocycles. The van der Waals surface area contributed by atoms with Crippen molar-refractivity contribution in [3.8, 4) is 0 Å². The number of rotatable bonds is 3. The lowest BCUT2D eigenvalue weighted by atomic mass is 9.97. The number of fused-ring (bicyclic) bond motifs is 1. The summed E-state index contributed by atoms with van der Waals surface area (Å²) in [7, 11) is 1.68. The molecule has 3 heteroatoms. The molecule has 1 heterocycles. The van der Waals surface area contributed by atoms with Crippen LogP contribution >= 0.6 is 0 Å². The molecule has 0 saturated heterocycles. The standard InChI is InChI=1S/C13H18N2O/c1-14-13(16)5-3-10-2-4-11-6-7-15-9-12(11)8-10/h2,4,8,15H,3,5-7,9H2,1H3,(H,14,16). The summed E-state index contributed by atoms with van der Waals surface area (Å²) in [5.74, 6) is 0.107. The van der Waals surface area contributed by atoms with Gasteiger partial charge in [0.1, 0.15) is 0 Å². The molecule has 16 heavy (non-hydrogen) atoms. The molecule has 86 valence electrons. The quantitative estimate of drug-likeness (QED) is 0.795. The summed E-state index contributed by atoms with van der Waals surface area (Å²) in [5, 5.41) is 6.01. The highest BCUT2D eigenvalue weighted by Crippen LogP contribution is 2.16. The fraction of sp³-hybridized carbons (Fsp3) is 0.462. The lowest BCUT2D eigenvalue weighted by molar-refractivity contribution is -0.120.